The first-order chi connectivity index (χ1) is 21.5. The van der Waals surface area contributed by atoms with Crippen LogP contribution in [0.15, 0.2) is 60.8 Å². The fraction of sp³-hybridized carbons (Fsp3) is 0.323. The molecule has 0 bridgehead atoms. The number of carboxylic acid groups (broad SMARTS) is 1. The Morgan fingerprint density at radius 2 is 1.76 bits per heavy atom. The number of ether oxygens (including phenoxy) is 3. The van der Waals surface area contributed by atoms with Gasteiger partial charge >= 0.3 is 18.4 Å². The smallest absolute Gasteiger partial charge is 0.484 e. The summed E-state index contributed by atoms with van der Waals surface area (Å²) >= 11 is 0. The number of hydrogen-bond acceptors (Lipinski definition) is 7. The summed E-state index contributed by atoms with van der Waals surface area (Å²) in [6.45, 7) is 0.141. The normalized spacial score (nSPS) is 17.5. The number of hydrogen-bond donors (Lipinski definition) is 2. The van der Waals surface area contributed by atoms with Crippen LogP contribution >= 0.6 is 0 Å². The molecule has 0 amide bonds. The maximum absolute atomic E-state index is 14.0. The molecule has 2 N–H and O–H groups in total. The zero-order valence-electron chi connectivity index (χ0n) is 23.6. The van der Waals surface area contributed by atoms with Gasteiger partial charge in [-0.1, -0.05) is 25.3 Å². The molecular formula is C31H27F5N4O5. The third-order valence-electron chi connectivity index (χ3n) is 7.15. The Labute approximate surface area is 253 Å². The maximum Gasteiger partial charge on any atom is 0.586 e. The first kappa shape index (κ1) is 30.2. The number of halogens is 5. The van der Waals surface area contributed by atoms with Crippen molar-refractivity contribution in [1.29, 1.82) is 0 Å². The van der Waals surface area contributed by atoms with E-state index in [0.29, 0.717) is 35.7 Å². The largest absolute Gasteiger partial charge is 0.586 e. The first-order valence-electron chi connectivity index (χ1n) is 14.2. The van der Waals surface area contributed by atoms with Gasteiger partial charge in [0.05, 0.1) is 16.9 Å². The lowest BCUT2D eigenvalue weighted by atomic mass is 9.93. The standard InChI is InChI=1S/C28H21F5N4O5.C3H6/c29-27(30,31)25-19-2-1-3-21(40-18-7-5-16(6-8-18)26(38)39)24(19)37(36-25)17-10-11-34-23(13-17)35-14-15-4-9-20-22(12-15)42-28(32,33)41-20;1-2-3-1/h4-13,21H,1-3,14H2,(H,34,35)(H,38,39);1-3H2. The molecule has 45 heavy (non-hydrogen) atoms. The summed E-state index contributed by atoms with van der Waals surface area (Å²) in [6.07, 6.45) is -2.33. The quantitative estimate of drug-likeness (QED) is 0.202. The highest BCUT2D eigenvalue weighted by molar-refractivity contribution is 5.87. The molecule has 9 nitrogen and oxygen atoms in total. The van der Waals surface area contributed by atoms with E-state index in [0.717, 1.165) is 0 Å². The van der Waals surface area contributed by atoms with E-state index in [2.05, 4.69) is 24.9 Å². The van der Waals surface area contributed by atoms with Crippen LogP contribution in [0.5, 0.6) is 17.2 Å². The number of rotatable bonds is 7. The Morgan fingerprint density at radius 3 is 2.44 bits per heavy atom. The van der Waals surface area contributed by atoms with Crippen LogP contribution in [-0.2, 0) is 19.1 Å². The van der Waals surface area contributed by atoms with Crippen molar-refractivity contribution in [2.75, 3.05) is 5.32 Å². The topological polar surface area (TPSA) is 108 Å². The zero-order chi connectivity index (χ0) is 31.8. The minimum Gasteiger partial charge on any atom is -0.484 e. The molecule has 1 saturated carbocycles. The number of fused-ring (bicyclic) bond motifs is 2. The van der Waals surface area contributed by atoms with Gasteiger partial charge in [0.15, 0.2) is 17.2 Å². The number of nitrogens with one attached hydrogen (secondary N) is 1. The van der Waals surface area contributed by atoms with Crippen LogP contribution in [0.1, 0.15) is 71.1 Å². The molecule has 3 aliphatic rings. The fourth-order valence-corrected chi connectivity index (χ4v) is 4.97. The highest BCUT2D eigenvalue weighted by Crippen LogP contribution is 2.43. The zero-order valence-corrected chi connectivity index (χ0v) is 23.6. The van der Waals surface area contributed by atoms with E-state index in [1.807, 2.05) is 0 Å². The van der Waals surface area contributed by atoms with Gasteiger partial charge in [0.2, 0.25) is 0 Å². The van der Waals surface area contributed by atoms with Gasteiger partial charge in [0.1, 0.15) is 17.7 Å². The summed E-state index contributed by atoms with van der Waals surface area (Å²) in [4.78, 5) is 15.4. The summed E-state index contributed by atoms with van der Waals surface area (Å²) in [5, 5.41) is 16.1. The Morgan fingerprint density at radius 1 is 1.02 bits per heavy atom. The summed E-state index contributed by atoms with van der Waals surface area (Å²) in [6, 6.07) is 12.9. The van der Waals surface area contributed by atoms with E-state index < -0.39 is 30.2 Å². The minimum atomic E-state index is -4.70. The van der Waals surface area contributed by atoms with E-state index >= 15 is 0 Å². The van der Waals surface area contributed by atoms with Gasteiger partial charge in [-0.15, -0.1) is 8.78 Å². The van der Waals surface area contributed by atoms with E-state index in [4.69, 9.17) is 9.84 Å². The molecule has 2 aliphatic carbocycles. The molecule has 236 valence electrons. The van der Waals surface area contributed by atoms with E-state index in [1.165, 1.54) is 78.7 Å². The molecular weight excluding hydrogens is 603 g/mol. The van der Waals surface area contributed by atoms with Crippen molar-refractivity contribution in [1.82, 2.24) is 14.8 Å². The summed E-state index contributed by atoms with van der Waals surface area (Å²) in [5.41, 5.74) is 0.179. The number of aromatic carboxylic acids is 1. The van der Waals surface area contributed by atoms with Gasteiger partial charge in [0, 0.05) is 24.4 Å². The molecule has 0 saturated heterocycles. The van der Waals surface area contributed by atoms with Gasteiger partial charge in [-0.05, 0) is 67.3 Å². The van der Waals surface area contributed by atoms with Gasteiger partial charge in [0.25, 0.3) is 0 Å². The van der Waals surface area contributed by atoms with Crippen molar-refractivity contribution >= 4 is 11.8 Å². The van der Waals surface area contributed by atoms with Crippen LogP contribution in [0.4, 0.5) is 27.8 Å². The Hall–Kier alpha value is -4.88. The predicted octanol–water partition coefficient (Wildman–Crippen LogP) is 7.54. The third-order valence-corrected chi connectivity index (χ3v) is 7.15. The molecule has 2 aromatic heterocycles. The number of nitrogens with zero attached hydrogens (tertiary/aromatic N) is 3. The van der Waals surface area contributed by atoms with E-state index in [1.54, 1.807) is 6.07 Å². The SMILES string of the molecule is C1CC1.O=C(O)c1ccc(OC2CCCc3c(C(F)(F)F)nn(-c4ccnc(NCc5ccc6c(c5)OC(F)(F)O6)c4)c32)cc1. The van der Waals surface area contributed by atoms with Crippen molar-refractivity contribution in [2.45, 2.75) is 63.6 Å². The molecule has 1 aliphatic heterocycles. The van der Waals surface area contributed by atoms with Crippen molar-refractivity contribution < 1.29 is 46.1 Å². The van der Waals surface area contributed by atoms with Crippen molar-refractivity contribution in [3.05, 3.63) is 88.9 Å². The molecule has 0 spiro atoms. The lowest BCUT2D eigenvalue weighted by molar-refractivity contribution is -0.286. The lowest BCUT2D eigenvalue weighted by Gasteiger charge is -2.26. The van der Waals surface area contributed by atoms with E-state index in [-0.39, 0.29) is 41.3 Å². The average Bonchev–Trinajstić information content (AvgIpc) is 3.77. The van der Waals surface area contributed by atoms with Crippen LogP contribution < -0.4 is 19.5 Å². The maximum atomic E-state index is 14.0. The van der Waals surface area contributed by atoms with Crippen molar-refractivity contribution in [3.63, 3.8) is 0 Å². The number of pyridine rings is 1. The molecule has 2 aromatic carbocycles. The molecule has 7 rings (SSSR count). The van der Waals surface area contributed by atoms with Crippen LogP contribution in [0.2, 0.25) is 0 Å². The molecule has 0 radical (unpaired) electrons. The number of aromatic nitrogens is 3. The van der Waals surface area contributed by atoms with Gasteiger partial charge in [-0.3, -0.25) is 0 Å². The summed E-state index contributed by atoms with van der Waals surface area (Å²) in [5.74, 6) is -0.727. The summed E-state index contributed by atoms with van der Waals surface area (Å²) < 4.78 is 84.9. The molecule has 1 fully saturated rings. The summed E-state index contributed by atoms with van der Waals surface area (Å²) in [7, 11) is 0. The highest BCUT2D eigenvalue weighted by Gasteiger charge is 2.44. The van der Waals surface area contributed by atoms with Crippen LogP contribution in [0, 0.1) is 0 Å². The van der Waals surface area contributed by atoms with Crippen molar-refractivity contribution in [2.24, 2.45) is 0 Å². The van der Waals surface area contributed by atoms with Crippen LogP contribution in [0.3, 0.4) is 0 Å². The monoisotopic (exact) mass is 630 g/mol. The number of carboxylic acids is 1. The van der Waals surface area contributed by atoms with Crippen LogP contribution in [0.25, 0.3) is 5.69 Å². The second-order valence-corrected chi connectivity index (χ2v) is 10.7. The van der Waals surface area contributed by atoms with Gasteiger partial charge < -0.3 is 24.6 Å². The third kappa shape index (κ3) is 6.94. The van der Waals surface area contributed by atoms with Gasteiger partial charge in [-0.25, -0.2) is 14.5 Å². The molecule has 1 unspecified atom stereocenters. The molecule has 1 atom stereocenters. The molecule has 3 heterocycles. The number of alkyl halides is 5. The van der Waals surface area contributed by atoms with E-state index in [9.17, 15) is 26.7 Å². The highest BCUT2D eigenvalue weighted by atomic mass is 19.4. The second kappa shape index (κ2) is 11.9. The molecule has 4 aromatic rings. The Balaban J connectivity index is 0.00000112. The lowest BCUT2D eigenvalue weighted by Crippen LogP contribution is -2.25. The number of carbonyl (C=O) groups is 1. The van der Waals surface area contributed by atoms with Crippen molar-refractivity contribution in [3.8, 4) is 22.9 Å². The number of benzene rings is 2. The second-order valence-electron chi connectivity index (χ2n) is 10.7. The average molecular weight is 631 g/mol. The van der Waals surface area contributed by atoms with Gasteiger partial charge in [-0.2, -0.15) is 18.3 Å². The number of anilines is 1. The Kier molecular flexibility index (Phi) is 7.97. The van der Waals surface area contributed by atoms with Crippen LogP contribution in [-0.4, -0.2) is 32.1 Å². The Bertz CT molecular complexity index is 1700. The fourth-order valence-electron chi connectivity index (χ4n) is 4.97. The minimum absolute atomic E-state index is 0.0318. The molecule has 14 heteroatoms. The first-order valence-corrected chi connectivity index (χ1v) is 14.2. The predicted molar refractivity (Wildman–Crippen MR) is 150 cm³/mol.